The first-order chi connectivity index (χ1) is 11.6. The van der Waals surface area contributed by atoms with Crippen molar-refractivity contribution in [3.8, 4) is 0 Å². The number of halogens is 2. The van der Waals surface area contributed by atoms with Gasteiger partial charge in [0.05, 0.1) is 16.3 Å². The third-order valence-corrected chi connectivity index (χ3v) is 6.60. The first-order valence-corrected chi connectivity index (χ1v) is 9.49. The average molecular weight is 380 g/mol. The van der Waals surface area contributed by atoms with Crippen LogP contribution < -0.4 is 10.7 Å². The van der Waals surface area contributed by atoms with Crippen molar-refractivity contribution in [2.75, 3.05) is 0 Å². The highest BCUT2D eigenvalue weighted by molar-refractivity contribution is 7.80. The summed E-state index contributed by atoms with van der Waals surface area (Å²) in [7, 11) is 0. The Labute approximate surface area is 157 Å². The fourth-order valence-corrected chi connectivity index (χ4v) is 5.18. The number of rotatable bonds is 3. The molecule has 0 unspecified atom stereocenters. The van der Waals surface area contributed by atoms with Crippen LogP contribution in [0.2, 0.25) is 10.0 Å². The fourth-order valence-electron chi connectivity index (χ4n) is 4.67. The molecule has 0 saturated heterocycles. The summed E-state index contributed by atoms with van der Waals surface area (Å²) in [4.78, 5) is 0. The Morgan fingerprint density at radius 1 is 1.21 bits per heavy atom. The van der Waals surface area contributed by atoms with Crippen LogP contribution in [-0.2, 0) is 0 Å². The van der Waals surface area contributed by atoms with Crippen LogP contribution in [0, 0.1) is 23.7 Å². The molecule has 3 nitrogen and oxygen atoms in total. The number of thiocarbonyl (C=S) groups is 1. The van der Waals surface area contributed by atoms with Crippen LogP contribution in [0.15, 0.2) is 35.5 Å². The van der Waals surface area contributed by atoms with E-state index < -0.39 is 0 Å². The summed E-state index contributed by atoms with van der Waals surface area (Å²) < 4.78 is 0. The van der Waals surface area contributed by atoms with Gasteiger partial charge in [-0.1, -0.05) is 41.4 Å². The fraction of sp³-hybridized carbons (Fsp3) is 0.444. The third kappa shape index (κ3) is 3.07. The highest BCUT2D eigenvalue weighted by atomic mass is 35.5. The lowest BCUT2D eigenvalue weighted by Crippen LogP contribution is -2.45. The van der Waals surface area contributed by atoms with E-state index >= 15 is 0 Å². The Morgan fingerprint density at radius 2 is 2.08 bits per heavy atom. The molecule has 2 saturated carbocycles. The minimum absolute atomic E-state index is 0.471. The van der Waals surface area contributed by atoms with E-state index in [4.69, 9.17) is 35.4 Å². The van der Waals surface area contributed by atoms with Crippen molar-refractivity contribution in [2.45, 2.75) is 25.3 Å². The zero-order valence-electron chi connectivity index (χ0n) is 13.1. The molecule has 0 aliphatic heterocycles. The van der Waals surface area contributed by atoms with E-state index in [1.54, 1.807) is 18.3 Å². The summed E-state index contributed by atoms with van der Waals surface area (Å²) >= 11 is 17.3. The van der Waals surface area contributed by atoms with Gasteiger partial charge in [0, 0.05) is 6.04 Å². The lowest BCUT2D eigenvalue weighted by Gasteiger charge is -2.32. The molecule has 24 heavy (non-hydrogen) atoms. The molecule has 0 amide bonds. The number of nitrogens with zero attached hydrogens (tertiary/aromatic N) is 1. The van der Waals surface area contributed by atoms with E-state index in [-0.39, 0.29) is 0 Å². The monoisotopic (exact) mass is 379 g/mol. The van der Waals surface area contributed by atoms with E-state index in [1.165, 1.54) is 19.3 Å². The Balaban J connectivity index is 1.30. The number of hydrogen-bond donors (Lipinski definition) is 2. The van der Waals surface area contributed by atoms with Gasteiger partial charge in [-0.25, -0.2) is 0 Å². The predicted molar refractivity (Wildman–Crippen MR) is 104 cm³/mol. The van der Waals surface area contributed by atoms with E-state index in [0.29, 0.717) is 21.2 Å². The molecule has 2 N–H and O–H groups in total. The number of allylic oxidation sites excluding steroid dienone is 2. The molecule has 0 heterocycles. The maximum atomic E-state index is 5.99. The van der Waals surface area contributed by atoms with Crippen LogP contribution >= 0.6 is 35.4 Å². The van der Waals surface area contributed by atoms with Gasteiger partial charge in [-0.2, -0.15) is 5.10 Å². The average Bonchev–Trinajstić information content (AvgIpc) is 3.23. The Hall–Kier alpha value is -1.10. The van der Waals surface area contributed by atoms with Crippen molar-refractivity contribution in [3.05, 3.63) is 46.0 Å². The van der Waals surface area contributed by atoms with Crippen molar-refractivity contribution in [3.63, 3.8) is 0 Å². The van der Waals surface area contributed by atoms with Gasteiger partial charge < -0.3 is 5.32 Å². The summed E-state index contributed by atoms with van der Waals surface area (Å²) in [6.07, 6.45) is 10.3. The number of hydrogen-bond acceptors (Lipinski definition) is 2. The van der Waals surface area contributed by atoms with Crippen molar-refractivity contribution in [2.24, 2.45) is 28.8 Å². The molecule has 0 spiro atoms. The zero-order chi connectivity index (χ0) is 16.7. The van der Waals surface area contributed by atoms with Crippen molar-refractivity contribution in [1.82, 2.24) is 10.7 Å². The highest BCUT2D eigenvalue weighted by Crippen LogP contribution is 2.56. The molecule has 4 rings (SSSR count). The maximum absolute atomic E-state index is 5.99. The number of fused-ring (bicyclic) bond motifs is 5. The van der Waals surface area contributed by atoms with E-state index in [0.717, 1.165) is 29.2 Å². The molecule has 0 radical (unpaired) electrons. The van der Waals surface area contributed by atoms with Gasteiger partial charge in [-0.05, 0) is 72.8 Å². The Kier molecular flexibility index (Phi) is 4.54. The minimum Gasteiger partial charge on any atom is -0.358 e. The molecule has 5 atom stereocenters. The second kappa shape index (κ2) is 6.66. The van der Waals surface area contributed by atoms with Gasteiger partial charge >= 0.3 is 0 Å². The summed E-state index contributed by atoms with van der Waals surface area (Å²) in [6.45, 7) is 0. The quantitative estimate of drug-likeness (QED) is 0.353. The van der Waals surface area contributed by atoms with Crippen LogP contribution in [0.5, 0.6) is 0 Å². The van der Waals surface area contributed by atoms with E-state index in [9.17, 15) is 0 Å². The van der Waals surface area contributed by atoms with Gasteiger partial charge in [-0.15, -0.1) is 0 Å². The molecular formula is C18H19Cl2N3S. The topological polar surface area (TPSA) is 36.4 Å². The van der Waals surface area contributed by atoms with E-state index in [1.807, 2.05) is 6.07 Å². The number of hydrazone groups is 1. The van der Waals surface area contributed by atoms with Crippen molar-refractivity contribution < 1.29 is 0 Å². The van der Waals surface area contributed by atoms with Crippen molar-refractivity contribution in [1.29, 1.82) is 0 Å². The summed E-state index contributed by atoms with van der Waals surface area (Å²) in [5, 5.41) is 9.28. The summed E-state index contributed by atoms with van der Waals surface area (Å²) in [6, 6.07) is 5.86. The molecule has 2 fully saturated rings. The van der Waals surface area contributed by atoms with Gasteiger partial charge in [0.2, 0.25) is 0 Å². The number of nitrogens with one attached hydrogen (secondary N) is 2. The smallest absolute Gasteiger partial charge is 0.187 e. The highest BCUT2D eigenvalue weighted by Gasteiger charge is 2.52. The SMILES string of the molecule is S=C(N/N=C\c1ccc(Cl)c(Cl)c1)N[C@H]1C[C@H]2C[C@@H]1[C@H]1C=CC[C@H]21. The van der Waals surface area contributed by atoms with Crippen LogP contribution in [0.4, 0.5) is 0 Å². The lowest BCUT2D eigenvalue weighted by molar-refractivity contribution is 0.246. The molecule has 6 heteroatoms. The second-order valence-corrected chi connectivity index (χ2v) is 8.15. The van der Waals surface area contributed by atoms with Gasteiger partial charge in [-0.3, -0.25) is 5.43 Å². The molecule has 0 aromatic heterocycles. The Bertz CT molecular complexity index is 718. The molecule has 3 aliphatic rings. The maximum Gasteiger partial charge on any atom is 0.187 e. The second-order valence-electron chi connectivity index (χ2n) is 6.92. The standard InChI is InChI=1S/C18H19Cl2N3S/c19-15-5-4-10(6-16(15)20)9-21-23-18(24)22-17-8-11-7-14(17)13-3-1-2-12(11)13/h1,3-6,9,11-14,17H,2,7-8H2,(H2,22,23,24)/b21-9-/t11-,12-,13+,14-,17+/m1/s1. The molecule has 1 aromatic rings. The van der Waals surface area contributed by atoms with Gasteiger partial charge in [0.25, 0.3) is 0 Å². The largest absolute Gasteiger partial charge is 0.358 e. The summed E-state index contributed by atoms with van der Waals surface area (Å²) in [5.74, 6) is 3.22. The van der Waals surface area contributed by atoms with Crippen LogP contribution in [-0.4, -0.2) is 17.4 Å². The lowest BCUT2D eigenvalue weighted by atomic mass is 9.79. The predicted octanol–water partition coefficient (Wildman–Crippen LogP) is 4.39. The molecule has 3 aliphatic carbocycles. The first kappa shape index (κ1) is 16.4. The van der Waals surface area contributed by atoms with Gasteiger partial charge in [0.15, 0.2) is 5.11 Å². The Morgan fingerprint density at radius 3 is 2.92 bits per heavy atom. The normalized spacial score (nSPS) is 33.2. The molecule has 126 valence electrons. The molecule has 1 aromatic carbocycles. The van der Waals surface area contributed by atoms with Crippen LogP contribution in [0.25, 0.3) is 0 Å². The minimum atomic E-state index is 0.471. The van der Waals surface area contributed by atoms with Crippen LogP contribution in [0.1, 0.15) is 24.8 Å². The third-order valence-electron chi connectivity index (χ3n) is 5.65. The van der Waals surface area contributed by atoms with Crippen molar-refractivity contribution >= 4 is 46.7 Å². The molecular weight excluding hydrogens is 361 g/mol. The zero-order valence-corrected chi connectivity index (χ0v) is 15.4. The molecule has 2 bridgehead atoms. The first-order valence-electron chi connectivity index (χ1n) is 8.33. The summed E-state index contributed by atoms with van der Waals surface area (Å²) in [5.41, 5.74) is 3.78. The van der Waals surface area contributed by atoms with Crippen LogP contribution in [0.3, 0.4) is 0 Å². The van der Waals surface area contributed by atoms with E-state index in [2.05, 4.69) is 28.0 Å². The van der Waals surface area contributed by atoms with Gasteiger partial charge in [0.1, 0.15) is 0 Å². The number of benzene rings is 1.